The second kappa shape index (κ2) is 7.33. The first-order valence-electron chi connectivity index (χ1n) is 14.2. The molecular weight excluding hydrogens is 440 g/mol. The molecule has 0 amide bonds. The topological polar surface area (TPSA) is 0 Å². The van der Waals surface area contributed by atoms with Crippen molar-refractivity contribution in [2.24, 2.45) is 44.8 Å². The summed E-state index contributed by atoms with van der Waals surface area (Å²) in [5.41, 5.74) is 7.88. The van der Waals surface area contributed by atoms with Gasteiger partial charge in [0, 0.05) is 21.5 Å². The van der Waals surface area contributed by atoms with Crippen LogP contribution in [0.4, 0.5) is 0 Å². The molecule has 0 aromatic carbocycles. The Hall–Kier alpha value is -0.950. The Labute approximate surface area is 221 Å². The van der Waals surface area contributed by atoms with E-state index in [2.05, 4.69) is 80.7 Å². The monoisotopic (exact) mass is 490 g/mol. The van der Waals surface area contributed by atoms with Crippen molar-refractivity contribution in [1.29, 1.82) is 0 Å². The molecule has 0 heterocycles. The smallest absolute Gasteiger partial charge is 0.0292 e. The zero-order valence-corrected chi connectivity index (χ0v) is 24.8. The van der Waals surface area contributed by atoms with Crippen molar-refractivity contribution in [1.82, 2.24) is 0 Å². The van der Waals surface area contributed by atoms with Crippen LogP contribution in [0.25, 0.3) is 0 Å². The molecule has 3 saturated carbocycles. The number of allylic oxidation sites excluding steroid dienone is 7. The van der Waals surface area contributed by atoms with Crippen molar-refractivity contribution < 1.29 is 0 Å². The van der Waals surface area contributed by atoms with E-state index in [0.29, 0.717) is 23.2 Å². The van der Waals surface area contributed by atoms with Gasteiger partial charge >= 0.3 is 0 Å². The molecule has 35 heavy (non-hydrogen) atoms. The van der Waals surface area contributed by atoms with E-state index in [1.807, 2.05) is 0 Å². The predicted molar refractivity (Wildman–Crippen MR) is 156 cm³/mol. The van der Waals surface area contributed by atoms with E-state index in [1.165, 1.54) is 60.8 Å². The maximum Gasteiger partial charge on any atom is 0.0292 e. The summed E-state index contributed by atoms with van der Waals surface area (Å²) in [6.45, 7) is 33.5. The fourth-order valence-corrected chi connectivity index (χ4v) is 11.1. The van der Waals surface area contributed by atoms with Crippen LogP contribution in [0.3, 0.4) is 0 Å². The molecule has 5 rings (SSSR count). The first-order valence-corrected chi connectivity index (χ1v) is 14.6. The van der Waals surface area contributed by atoms with Gasteiger partial charge in [-0.25, -0.2) is 0 Å². The highest BCUT2D eigenvalue weighted by Gasteiger charge is 2.68. The van der Waals surface area contributed by atoms with E-state index in [1.54, 1.807) is 5.57 Å². The highest BCUT2D eigenvalue weighted by Crippen LogP contribution is 2.75. The van der Waals surface area contributed by atoms with Crippen LogP contribution in [0.5, 0.6) is 0 Å². The zero-order chi connectivity index (χ0) is 26.0. The minimum atomic E-state index is -0.0560. The highest BCUT2D eigenvalue weighted by atomic mass is 32.1. The SMILES string of the molecule is C=C1C=C2C3(C)C=C(C)C(=C)C(C)(C)[C@@H]3CCC2(C)[C@]2(S)CCC3(C(=C)C)CCC(C)(C)CC3C12. The second-order valence-electron chi connectivity index (χ2n) is 15.2. The van der Waals surface area contributed by atoms with Gasteiger partial charge in [0.1, 0.15) is 0 Å². The molecule has 7 atom stereocenters. The Balaban J connectivity index is 1.70. The van der Waals surface area contributed by atoms with Gasteiger partial charge < -0.3 is 0 Å². The summed E-state index contributed by atoms with van der Waals surface area (Å²) in [5, 5.41) is 0. The van der Waals surface area contributed by atoms with Gasteiger partial charge in [-0.2, -0.15) is 12.6 Å². The zero-order valence-electron chi connectivity index (χ0n) is 23.9. The standard InChI is InChI=1S/C34H50S/c1-21(2)33-15-14-29(6,7)20-25(33)28-22(3)18-27-31(10)19-23(4)24(5)30(8,9)26(31)12-13-32(27,11)34(28,35)17-16-33/h18-19,25-26,28,35H,1,3,5,12-17,20H2,2,4,6-11H3/t25?,26-,28?,31?,32?,33?,34-/m0/s1. The van der Waals surface area contributed by atoms with Crippen LogP contribution in [-0.2, 0) is 0 Å². The lowest BCUT2D eigenvalue weighted by atomic mass is 9.37. The predicted octanol–water partition coefficient (Wildman–Crippen LogP) is 9.91. The number of rotatable bonds is 1. The Morgan fingerprint density at radius 3 is 2.23 bits per heavy atom. The molecular formula is C34H50S. The number of hydrogen-bond acceptors (Lipinski definition) is 1. The Kier molecular flexibility index (Phi) is 5.38. The Morgan fingerprint density at radius 2 is 1.60 bits per heavy atom. The quantitative estimate of drug-likeness (QED) is 0.274. The average molecular weight is 491 g/mol. The lowest BCUT2D eigenvalue weighted by Gasteiger charge is -2.70. The molecule has 3 fully saturated rings. The van der Waals surface area contributed by atoms with E-state index in [9.17, 15) is 0 Å². The molecule has 5 aliphatic rings. The summed E-state index contributed by atoms with van der Waals surface area (Å²) in [4.78, 5) is 0. The summed E-state index contributed by atoms with van der Waals surface area (Å²) < 4.78 is -0.0560. The van der Waals surface area contributed by atoms with E-state index >= 15 is 0 Å². The van der Waals surface area contributed by atoms with Crippen LogP contribution in [-0.4, -0.2) is 4.75 Å². The fraction of sp³-hybridized carbons (Fsp3) is 0.706. The van der Waals surface area contributed by atoms with E-state index in [-0.39, 0.29) is 26.4 Å². The summed E-state index contributed by atoms with van der Waals surface area (Å²) in [5.74, 6) is 1.57. The second-order valence-corrected chi connectivity index (χ2v) is 16.0. The maximum absolute atomic E-state index is 5.83. The van der Waals surface area contributed by atoms with Crippen LogP contribution in [0, 0.1) is 44.8 Å². The van der Waals surface area contributed by atoms with E-state index in [4.69, 9.17) is 19.2 Å². The molecule has 0 aliphatic heterocycles. The average Bonchev–Trinajstić information content (AvgIpc) is 2.73. The van der Waals surface area contributed by atoms with Crippen molar-refractivity contribution in [3.05, 3.63) is 59.8 Å². The minimum Gasteiger partial charge on any atom is -0.171 e. The van der Waals surface area contributed by atoms with Gasteiger partial charge in [-0.15, -0.1) is 0 Å². The maximum atomic E-state index is 5.83. The molecule has 0 aromatic heterocycles. The van der Waals surface area contributed by atoms with Gasteiger partial charge in [-0.3, -0.25) is 0 Å². The Morgan fingerprint density at radius 1 is 0.971 bits per heavy atom. The molecule has 0 N–H and O–H groups in total. The molecule has 0 radical (unpaired) electrons. The van der Waals surface area contributed by atoms with Gasteiger partial charge in [0.2, 0.25) is 0 Å². The van der Waals surface area contributed by atoms with E-state index in [0.717, 1.165) is 6.42 Å². The Bertz CT molecular complexity index is 1080. The van der Waals surface area contributed by atoms with Crippen LogP contribution in [0.2, 0.25) is 0 Å². The van der Waals surface area contributed by atoms with E-state index < -0.39 is 0 Å². The third-order valence-corrected chi connectivity index (χ3v) is 13.6. The molecule has 0 saturated heterocycles. The fourth-order valence-electron chi connectivity index (χ4n) is 10.4. The number of hydrogen-bond donors (Lipinski definition) is 1. The molecule has 192 valence electrons. The first kappa shape index (κ1) is 25.7. The summed E-state index contributed by atoms with van der Waals surface area (Å²) in [7, 11) is 0. The van der Waals surface area contributed by atoms with Gasteiger partial charge in [0.05, 0.1) is 0 Å². The first-order chi connectivity index (χ1) is 16.0. The van der Waals surface area contributed by atoms with Crippen molar-refractivity contribution in [3.8, 4) is 0 Å². The minimum absolute atomic E-state index is 0.0279. The van der Waals surface area contributed by atoms with Crippen molar-refractivity contribution in [3.63, 3.8) is 0 Å². The molecule has 0 aromatic rings. The summed E-state index contributed by atoms with van der Waals surface area (Å²) in [6, 6.07) is 0. The van der Waals surface area contributed by atoms with Gasteiger partial charge in [0.15, 0.2) is 0 Å². The van der Waals surface area contributed by atoms with Crippen LogP contribution in [0.15, 0.2) is 59.8 Å². The largest absolute Gasteiger partial charge is 0.171 e. The lowest BCUT2D eigenvalue weighted by molar-refractivity contribution is -0.0628. The third kappa shape index (κ3) is 3.06. The van der Waals surface area contributed by atoms with Crippen LogP contribution < -0.4 is 0 Å². The molecule has 5 unspecified atom stereocenters. The van der Waals surface area contributed by atoms with Crippen LogP contribution >= 0.6 is 12.6 Å². The van der Waals surface area contributed by atoms with Crippen LogP contribution in [0.1, 0.15) is 100 Å². The van der Waals surface area contributed by atoms with Gasteiger partial charge in [-0.05, 0) is 92.4 Å². The highest BCUT2D eigenvalue weighted by molar-refractivity contribution is 7.82. The molecule has 0 bridgehead atoms. The number of fused-ring (bicyclic) bond motifs is 7. The normalized spacial score (nSPS) is 48.0. The summed E-state index contributed by atoms with van der Waals surface area (Å²) >= 11 is 5.83. The van der Waals surface area contributed by atoms with Crippen molar-refractivity contribution in [2.75, 3.05) is 0 Å². The molecule has 0 spiro atoms. The van der Waals surface area contributed by atoms with Gasteiger partial charge in [-0.1, -0.05) is 95.7 Å². The summed E-state index contributed by atoms with van der Waals surface area (Å²) in [6.07, 6.45) is 13.8. The molecule has 1 heteroatoms. The lowest BCUT2D eigenvalue weighted by Crippen LogP contribution is -2.65. The molecule has 5 aliphatic carbocycles. The number of thiol groups is 1. The van der Waals surface area contributed by atoms with Gasteiger partial charge in [0.25, 0.3) is 0 Å². The van der Waals surface area contributed by atoms with Crippen molar-refractivity contribution >= 4 is 12.6 Å². The molecule has 0 nitrogen and oxygen atoms in total. The third-order valence-electron chi connectivity index (χ3n) is 12.6. The van der Waals surface area contributed by atoms with Crippen molar-refractivity contribution in [2.45, 2.75) is 105 Å².